The van der Waals surface area contributed by atoms with Gasteiger partial charge in [-0.05, 0) is 42.7 Å². The third-order valence-electron chi connectivity index (χ3n) is 3.43. The number of H-pyrrole nitrogens is 1. The maximum Gasteiger partial charge on any atom is 0.271 e. The number of benzene rings is 1. The maximum atomic E-state index is 11.9. The summed E-state index contributed by atoms with van der Waals surface area (Å²) in [6.07, 6.45) is 0.640. The SMILES string of the molecule is COc1cc(C)c(CCNC(=O)c2ccc(=O)[nH]n2)cc1OC. The van der Waals surface area contributed by atoms with Crippen LogP contribution >= 0.6 is 0 Å². The Morgan fingerprint density at radius 3 is 2.52 bits per heavy atom. The summed E-state index contributed by atoms with van der Waals surface area (Å²) < 4.78 is 10.5. The molecule has 0 aliphatic carbocycles. The number of aryl methyl sites for hydroxylation is 1. The molecule has 122 valence electrons. The van der Waals surface area contributed by atoms with Gasteiger partial charge in [-0.15, -0.1) is 0 Å². The molecule has 1 amide bonds. The standard InChI is InChI=1S/C16H19N3O4/c1-10-8-13(22-2)14(23-3)9-11(10)6-7-17-16(21)12-4-5-15(20)19-18-12/h4-5,8-9H,6-7H2,1-3H3,(H,17,21)(H,19,20). The summed E-state index contributed by atoms with van der Waals surface area (Å²) in [5, 5.41) is 8.68. The molecule has 1 aromatic heterocycles. The van der Waals surface area contributed by atoms with Gasteiger partial charge in [0.05, 0.1) is 14.2 Å². The second-order valence-corrected chi connectivity index (χ2v) is 4.95. The number of amides is 1. The molecule has 7 heteroatoms. The monoisotopic (exact) mass is 317 g/mol. The molecule has 2 N–H and O–H groups in total. The number of aromatic amines is 1. The molecule has 0 atom stereocenters. The van der Waals surface area contributed by atoms with Crippen LogP contribution in [0.4, 0.5) is 0 Å². The maximum absolute atomic E-state index is 11.9. The molecule has 1 heterocycles. The van der Waals surface area contributed by atoms with E-state index < -0.39 is 0 Å². The van der Waals surface area contributed by atoms with Crippen LogP contribution in [-0.2, 0) is 6.42 Å². The predicted octanol–water partition coefficient (Wildman–Crippen LogP) is 1.07. The van der Waals surface area contributed by atoms with E-state index in [1.807, 2.05) is 19.1 Å². The molecule has 2 rings (SSSR count). The number of nitrogens with one attached hydrogen (secondary N) is 2. The zero-order valence-electron chi connectivity index (χ0n) is 13.3. The normalized spacial score (nSPS) is 10.2. The number of rotatable bonds is 6. The second-order valence-electron chi connectivity index (χ2n) is 4.95. The van der Waals surface area contributed by atoms with Crippen molar-refractivity contribution in [2.24, 2.45) is 0 Å². The number of carbonyl (C=O) groups is 1. The lowest BCUT2D eigenvalue weighted by Gasteiger charge is -2.13. The van der Waals surface area contributed by atoms with E-state index in [0.717, 1.165) is 11.1 Å². The highest BCUT2D eigenvalue weighted by Gasteiger charge is 2.10. The first-order valence-corrected chi connectivity index (χ1v) is 7.10. The van der Waals surface area contributed by atoms with Crippen LogP contribution in [0.15, 0.2) is 29.1 Å². The van der Waals surface area contributed by atoms with Gasteiger partial charge in [0.25, 0.3) is 11.5 Å². The van der Waals surface area contributed by atoms with Crippen LogP contribution < -0.4 is 20.3 Å². The quantitative estimate of drug-likeness (QED) is 0.831. The van der Waals surface area contributed by atoms with Gasteiger partial charge in [-0.2, -0.15) is 5.10 Å². The number of aromatic nitrogens is 2. The lowest BCUT2D eigenvalue weighted by molar-refractivity contribution is 0.0948. The Bertz CT molecular complexity index is 735. The molecule has 0 saturated heterocycles. The van der Waals surface area contributed by atoms with E-state index in [0.29, 0.717) is 24.5 Å². The van der Waals surface area contributed by atoms with Gasteiger partial charge in [-0.3, -0.25) is 9.59 Å². The van der Waals surface area contributed by atoms with Gasteiger partial charge in [-0.25, -0.2) is 5.10 Å². The molecule has 0 bridgehead atoms. The minimum absolute atomic E-state index is 0.175. The van der Waals surface area contributed by atoms with Gasteiger partial charge in [0, 0.05) is 12.6 Å². The van der Waals surface area contributed by atoms with E-state index in [4.69, 9.17) is 9.47 Å². The molecule has 0 aliphatic heterocycles. The van der Waals surface area contributed by atoms with Gasteiger partial charge in [0.2, 0.25) is 0 Å². The number of nitrogens with zero attached hydrogens (tertiary/aromatic N) is 1. The zero-order chi connectivity index (χ0) is 16.8. The largest absolute Gasteiger partial charge is 0.493 e. The van der Waals surface area contributed by atoms with Gasteiger partial charge in [0.1, 0.15) is 5.69 Å². The number of methoxy groups -OCH3 is 2. The first kappa shape index (κ1) is 16.5. The van der Waals surface area contributed by atoms with Crippen LogP contribution in [0.25, 0.3) is 0 Å². The van der Waals surface area contributed by atoms with Crippen molar-refractivity contribution < 1.29 is 14.3 Å². The zero-order valence-corrected chi connectivity index (χ0v) is 13.3. The van der Waals surface area contributed by atoms with Crippen LogP contribution in [-0.4, -0.2) is 36.9 Å². The summed E-state index contributed by atoms with van der Waals surface area (Å²) in [4.78, 5) is 22.8. The van der Waals surface area contributed by atoms with E-state index in [-0.39, 0.29) is 17.2 Å². The van der Waals surface area contributed by atoms with Crippen molar-refractivity contribution in [3.05, 3.63) is 51.4 Å². The van der Waals surface area contributed by atoms with Crippen molar-refractivity contribution in [2.45, 2.75) is 13.3 Å². The van der Waals surface area contributed by atoms with E-state index in [1.165, 1.54) is 12.1 Å². The summed E-state index contributed by atoms with van der Waals surface area (Å²) in [5.74, 6) is 0.997. The molecule has 1 aromatic carbocycles. The van der Waals surface area contributed by atoms with Crippen LogP contribution in [0.3, 0.4) is 0 Å². The first-order chi connectivity index (χ1) is 11.0. The van der Waals surface area contributed by atoms with Crippen LogP contribution in [0.2, 0.25) is 0 Å². The average Bonchev–Trinajstić information content (AvgIpc) is 2.56. The Hall–Kier alpha value is -2.83. The van der Waals surface area contributed by atoms with Crippen molar-refractivity contribution in [1.82, 2.24) is 15.5 Å². The molecule has 23 heavy (non-hydrogen) atoms. The Labute approximate surface area is 133 Å². The van der Waals surface area contributed by atoms with Crippen molar-refractivity contribution in [3.8, 4) is 11.5 Å². The second kappa shape index (κ2) is 7.44. The Kier molecular flexibility index (Phi) is 5.35. The van der Waals surface area contributed by atoms with Crippen LogP contribution in [0.1, 0.15) is 21.6 Å². The topological polar surface area (TPSA) is 93.3 Å². The molecule has 2 aromatic rings. The predicted molar refractivity (Wildman–Crippen MR) is 85.2 cm³/mol. The molecule has 0 aliphatic rings. The summed E-state index contributed by atoms with van der Waals surface area (Å²) in [6, 6.07) is 6.45. The highest BCUT2D eigenvalue weighted by atomic mass is 16.5. The third-order valence-corrected chi connectivity index (χ3v) is 3.43. The molecule has 0 spiro atoms. The van der Waals surface area contributed by atoms with E-state index >= 15 is 0 Å². The smallest absolute Gasteiger partial charge is 0.271 e. The Morgan fingerprint density at radius 1 is 1.22 bits per heavy atom. The number of ether oxygens (including phenoxy) is 2. The third kappa shape index (κ3) is 4.09. The molecular weight excluding hydrogens is 298 g/mol. The van der Waals surface area contributed by atoms with Crippen molar-refractivity contribution >= 4 is 5.91 Å². The lowest BCUT2D eigenvalue weighted by Crippen LogP contribution is -2.27. The van der Waals surface area contributed by atoms with Crippen LogP contribution in [0, 0.1) is 6.92 Å². The molecule has 7 nitrogen and oxygen atoms in total. The molecule has 0 fully saturated rings. The number of hydrogen-bond acceptors (Lipinski definition) is 5. The average molecular weight is 317 g/mol. The van der Waals surface area contributed by atoms with E-state index in [2.05, 4.69) is 15.5 Å². The summed E-state index contributed by atoms with van der Waals surface area (Å²) >= 11 is 0. The fraction of sp³-hybridized carbons (Fsp3) is 0.312. The molecule has 0 radical (unpaired) electrons. The minimum Gasteiger partial charge on any atom is -0.493 e. The highest BCUT2D eigenvalue weighted by Crippen LogP contribution is 2.30. The Morgan fingerprint density at radius 2 is 1.91 bits per heavy atom. The summed E-state index contributed by atoms with van der Waals surface area (Å²) in [6.45, 7) is 2.42. The van der Waals surface area contributed by atoms with Gasteiger partial charge < -0.3 is 14.8 Å². The van der Waals surface area contributed by atoms with E-state index in [1.54, 1.807) is 14.2 Å². The van der Waals surface area contributed by atoms with Crippen molar-refractivity contribution in [3.63, 3.8) is 0 Å². The minimum atomic E-state index is -0.345. The lowest BCUT2D eigenvalue weighted by atomic mass is 10.0. The fourth-order valence-electron chi connectivity index (χ4n) is 2.16. The molecular formula is C16H19N3O4. The number of hydrogen-bond donors (Lipinski definition) is 2. The van der Waals surface area contributed by atoms with Gasteiger partial charge in [0.15, 0.2) is 11.5 Å². The van der Waals surface area contributed by atoms with Crippen LogP contribution in [0.5, 0.6) is 11.5 Å². The number of carbonyl (C=O) groups excluding carboxylic acids is 1. The molecule has 0 saturated carbocycles. The van der Waals surface area contributed by atoms with E-state index in [9.17, 15) is 9.59 Å². The van der Waals surface area contributed by atoms with Gasteiger partial charge in [-0.1, -0.05) is 0 Å². The first-order valence-electron chi connectivity index (χ1n) is 7.10. The van der Waals surface area contributed by atoms with Crippen molar-refractivity contribution in [1.29, 1.82) is 0 Å². The summed E-state index contributed by atoms with van der Waals surface area (Å²) in [5.41, 5.74) is 1.94. The fourth-order valence-corrected chi connectivity index (χ4v) is 2.16. The Balaban J connectivity index is 1.99. The molecule has 0 unspecified atom stereocenters. The summed E-state index contributed by atoms with van der Waals surface area (Å²) in [7, 11) is 3.18. The van der Waals surface area contributed by atoms with Crippen molar-refractivity contribution in [2.75, 3.05) is 20.8 Å². The van der Waals surface area contributed by atoms with Gasteiger partial charge >= 0.3 is 0 Å². The highest BCUT2D eigenvalue weighted by molar-refractivity contribution is 5.91.